The highest BCUT2D eigenvalue weighted by Gasteiger charge is 2.17. The molecule has 0 saturated heterocycles. The quantitative estimate of drug-likeness (QED) is 0.761. The fourth-order valence-electron chi connectivity index (χ4n) is 2.49. The minimum absolute atomic E-state index is 0.645. The first-order valence-corrected chi connectivity index (χ1v) is 7.68. The zero-order chi connectivity index (χ0) is 13.2. The van der Waals surface area contributed by atoms with E-state index in [9.17, 15) is 0 Å². The number of aryl methyl sites for hydroxylation is 1. The number of rotatable bonds is 2. The molecule has 0 bridgehead atoms. The summed E-state index contributed by atoms with van der Waals surface area (Å²) in [6.45, 7) is 0. The van der Waals surface area contributed by atoms with E-state index in [-0.39, 0.29) is 0 Å². The molecule has 0 atom stereocenters. The molecule has 1 aromatic carbocycles. The maximum Gasteiger partial charge on any atom is 0.136 e. The molecular formula is C15H14BrClN2. The molecule has 19 heavy (non-hydrogen) atoms. The Morgan fingerprint density at radius 3 is 2.74 bits per heavy atom. The van der Waals surface area contributed by atoms with Gasteiger partial charge in [0, 0.05) is 22.2 Å². The smallest absolute Gasteiger partial charge is 0.136 e. The Morgan fingerprint density at radius 1 is 1.11 bits per heavy atom. The maximum absolute atomic E-state index is 6.29. The van der Waals surface area contributed by atoms with Gasteiger partial charge in [-0.15, -0.1) is 0 Å². The van der Waals surface area contributed by atoms with Gasteiger partial charge in [0.1, 0.15) is 11.0 Å². The maximum atomic E-state index is 6.29. The number of hydrogen-bond acceptors (Lipinski definition) is 2. The van der Waals surface area contributed by atoms with Crippen LogP contribution in [0.1, 0.15) is 35.5 Å². The Bertz CT molecular complexity index is 613. The second-order valence-corrected chi connectivity index (χ2v) is 6.04. The minimum atomic E-state index is 0.645. The van der Waals surface area contributed by atoms with E-state index in [1.807, 2.05) is 18.2 Å². The van der Waals surface area contributed by atoms with Crippen LogP contribution < -0.4 is 0 Å². The third-order valence-corrected chi connectivity index (χ3v) is 4.57. The van der Waals surface area contributed by atoms with Gasteiger partial charge in [0.15, 0.2) is 0 Å². The van der Waals surface area contributed by atoms with Crippen LogP contribution in [0.4, 0.5) is 0 Å². The van der Waals surface area contributed by atoms with Crippen molar-refractivity contribution in [2.24, 2.45) is 0 Å². The summed E-state index contributed by atoms with van der Waals surface area (Å²) < 4.78 is 1.09. The van der Waals surface area contributed by atoms with E-state index >= 15 is 0 Å². The average Bonchev–Trinajstić information content (AvgIpc) is 2.42. The Hall–Kier alpha value is -0.930. The van der Waals surface area contributed by atoms with Crippen LogP contribution in [0.2, 0.25) is 5.15 Å². The normalized spacial score (nSPS) is 14.2. The van der Waals surface area contributed by atoms with E-state index in [2.05, 4.69) is 27.0 Å². The van der Waals surface area contributed by atoms with Crippen molar-refractivity contribution in [2.45, 2.75) is 32.1 Å². The lowest BCUT2D eigenvalue weighted by Gasteiger charge is -2.16. The Kier molecular flexibility index (Phi) is 3.85. The molecule has 1 aromatic heterocycles. The minimum Gasteiger partial charge on any atom is -0.237 e. The molecule has 2 nitrogen and oxygen atoms in total. The molecule has 0 aliphatic heterocycles. The molecule has 0 fully saturated rings. The predicted molar refractivity (Wildman–Crippen MR) is 80.6 cm³/mol. The third-order valence-electron chi connectivity index (χ3n) is 3.49. The number of hydrogen-bond donors (Lipinski definition) is 0. The monoisotopic (exact) mass is 336 g/mol. The molecule has 1 aliphatic carbocycles. The van der Waals surface area contributed by atoms with E-state index < -0.39 is 0 Å². The third kappa shape index (κ3) is 2.82. The summed E-state index contributed by atoms with van der Waals surface area (Å²) in [4.78, 5) is 9.15. The number of fused-ring (bicyclic) bond motifs is 1. The Morgan fingerprint density at radius 2 is 1.89 bits per heavy atom. The van der Waals surface area contributed by atoms with Gasteiger partial charge in [0.05, 0.1) is 0 Å². The van der Waals surface area contributed by atoms with Crippen molar-refractivity contribution in [3.05, 3.63) is 56.5 Å². The fraction of sp³-hybridized carbons (Fsp3) is 0.333. The van der Waals surface area contributed by atoms with E-state index in [0.717, 1.165) is 34.4 Å². The van der Waals surface area contributed by atoms with E-state index in [1.165, 1.54) is 18.4 Å². The van der Waals surface area contributed by atoms with Crippen LogP contribution in [0.5, 0.6) is 0 Å². The second kappa shape index (κ2) is 5.59. The number of halogens is 2. The molecule has 1 aliphatic rings. The zero-order valence-electron chi connectivity index (χ0n) is 10.5. The molecule has 0 spiro atoms. The van der Waals surface area contributed by atoms with Crippen LogP contribution in [0, 0.1) is 0 Å². The molecule has 0 amide bonds. The van der Waals surface area contributed by atoms with E-state index in [4.69, 9.17) is 16.6 Å². The molecule has 98 valence electrons. The summed E-state index contributed by atoms with van der Waals surface area (Å²) in [6, 6.07) is 8.16. The van der Waals surface area contributed by atoms with Gasteiger partial charge in [0.25, 0.3) is 0 Å². The SMILES string of the molecule is Clc1nc(Cc2ccccc2Br)nc2c1CCCC2. The van der Waals surface area contributed by atoms with Crippen molar-refractivity contribution in [1.82, 2.24) is 9.97 Å². The Labute approximate surface area is 126 Å². The van der Waals surface area contributed by atoms with Gasteiger partial charge < -0.3 is 0 Å². The van der Waals surface area contributed by atoms with Gasteiger partial charge in [-0.1, -0.05) is 45.7 Å². The van der Waals surface area contributed by atoms with Crippen LogP contribution in [0.3, 0.4) is 0 Å². The number of benzene rings is 1. The summed E-state index contributed by atoms with van der Waals surface area (Å²) in [6.07, 6.45) is 5.16. The molecule has 2 aromatic rings. The van der Waals surface area contributed by atoms with Gasteiger partial charge in [0.2, 0.25) is 0 Å². The molecule has 1 heterocycles. The molecular weight excluding hydrogens is 324 g/mol. The van der Waals surface area contributed by atoms with E-state index in [0.29, 0.717) is 11.6 Å². The molecule has 3 rings (SSSR count). The number of nitrogens with zero attached hydrogens (tertiary/aromatic N) is 2. The van der Waals surface area contributed by atoms with Gasteiger partial charge in [-0.2, -0.15) is 0 Å². The molecule has 0 unspecified atom stereocenters. The molecule has 0 radical (unpaired) electrons. The largest absolute Gasteiger partial charge is 0.237 e. The Balaban J connectivity index is 1.94. The lowest BCUT2D eigenvalue weighted by Crippen LogP contribution is -2.10. The van der Waals surface area contributed by atoms with E-state index in [1.54, 1.807) is 0 Å². The highest BCUT2D eigenvalue weighted by molar-refractivity contribution is 9.10. The van der Waals surface area contributed by atoms with Gasteiger partial charge in [-0.05, 0) is 37.3 Å². The first-order valence-electron chi connectivity index (χ1n) is 6.51. The summed E-state index contributed by atoms with van der Waals surface area (Å²) in [5.74, 6) is 0.817. The molecule has 0 N–H and O–H groups in total. The predicted octanol–water partition coefficient (Wildman–Crippen LogP) is 4.36. The van der Waals surface area contributed by atoms with Gasteiger partial charge >= 0.3 is 0 Å². The molecule has 0 saturated carbocycles. The molecule has 4 heteroatoms. The number of aromatic nitrogens is 2. The van der Waals surface area contributed by atoms with Crippen LogP contribution in [0.25, 0.3) is 0 Å². The lowest BCUT2D eigenvalue weighted by atomic mass is 9.97. The summed E-state index contributed by atoms with van der Waals surface area (Å²) in [5, 5.41) is 0.645. The van der Waals surface area contributed by atoms with Crippen molar-refractivity contribution in [2.75, 3.05) is 0 Å². The summed E-state index contributed by atoms with van der Waals surface area (Å²) >= 11 is 9.85. The average molecular weight is 338 g/mol. The van der Waals surface area contributed by atoms with Crippen molar-refractivity contribution < 1.29 is 0 Å². The van der Waals surface area contributed by atoms with Crippen LogP contribution in [-0.2, 0) is 19.3 Å². The van der Waals surface area contributed by atoms with Crippen LogP contribution in [-0.4, -0.2) is 9.97 Å². The lowest BCUT2D eigenvalue weighted by molar-refractivity contribution is 0.656. The van der Waals surface area contributed by atoms with Crippen molar-refractivity contribution in [1.29, 1.82) is 0 Å². The topological polar surface area (TPSA) is 25.8 Å². The highest BCUT2D eigenvalue weighted by atomic mass is 79.9. The fourth-order valence-corrected chi connectivity index (χ4v) is 3.21. The first kappa shape index (κ1) is 13.1. The van der Waals surface area contributed by atoms with Crippen LogP contribution in [0.15, 0.2) is 28.7 Å². The van der Waals surface area contributed by atoms with Crippen molar-refractivity contribution >= 4 is 27.5 Å². The zero-order valence-corrected chi connectivity index (χ0v) is 12.8. The summed E-state index contributed by atoms with van der Waals surface area (Å²) in [7, 11) is 0. The van der Waals surface area contributed by atoms with Gasteiger partial charge in [-0.3, -0.25) is 0 Å². The highest BCUT2D eigenvalue weighted by Crippen LogP contribution is 2.26. The van der Waals surface area contributed by atoms with Crippen molar-refractivity contribution in [3.63, 3.8) is 0 Å². The first-order chi connectivity index (χ1) is 9.24. The van der Waals surface area contributed by atoms with Crippen molar-refractivity contribution in [3.8, 4) is 0 Å². The standard InChI is InChI=1S/C15H14BrClN2/c16-12-7-3-1-5-10(12)9-14-18-13-8-4-2-6-11(13)15(17)19-14/h1,3,5,7H,2,4,6,8-9H2. The summed E-state index contributed by atoms with van der Waals surface area (Å²) in [5.41, 5.74) is 3.49. The second-order valence-electron chi connectivity index (χ2n) is 4.83. The van der Waals surface area contributed by atoms with Gasteiger partial charge in [-0.25, -0.2) is 9.97 Å². The van der Waals surface area contributed by atoms with Crippen LogP contribution >= 0.6 is 27.5 Å².